The van der Waals surface area contributed by atoms with Gasteiger partial charge in [-0.1, -0.05) is 29.8 Å². The third-order valence-electron chi connectivity index (χ3n) is 2.62. The Kier molecular flexibility index (Phi) is 3.93. The molecule has 0 saturated heterocycles. The van der Waals surface area contributed by atoms with E-state index in [1.54, 1.807) is 24.3 Å². The van der Waals surface area contributed by atoms with Gasteiger partial charge < -0.3 is 5.11 Å². The quantitative estimate of drug-likeness (QED) is 0.929. The Morgan fingerprint density at radius 3 is 2.61 bits per heavy atom. The fraction of sp³-hybridized carbons (Fsp3) is 0.250. The lowest BCUT2D eigenvalue weighted by Gasteiger charge is -2.09. The summed E-state index contributed by atoms with van der Waals surface area (Å²) in [6.45, 7) is -0.304. The van der Waals surface area contributed by atoms with Crippen LogP contribution in [0.1, 0.15) is 23.2 Å². The molecule has 1 N–H and O–H groups in total. The molecule has 0 aliphatic carbocycles. The van der Waals surface area contributed by atoms with Gasteiger partial charge in [0.2, 0.25) is 0 Å². The van der Waals surface area contributed by atoms with Gasteiger partial charge in [-0.2, -0.15) is 5.10 Å². The maximum atomic E-state index is 12.9. The van der Waals surface area contributed by atoms with Gasteiger partial charge in [0, 0.05) is 10.6 Å². The summed E-state index contributed by atoms with van der Waals surface area (Å²) in [4.78, 5) is 0. The first kappa shape index (κ1) is 13.0. The molecule has 6 heteroatoms. The summed E-state index contributed by atoms with van der Waals surface area (Å²) < 4.78 is 27.0. The van der Waals surface area contributed by atoms with Crippen molar-refractivity contribution in [2.45, 2.75) is 19.6 Å². The van der Waals surface area contributed by atoms with E-state index in [0.29, 0.717) is 10.6 Å². The Morgan fingerprint density at radius 2 is 2.00 bits per heavy atom. The molecule has 1 heterocycles. The first-order valence-electron chi connectivity index (χ1n) is 5.30. The molecular formula is C12H11ClF2N2O. The van der Waals surface area contributed by atoms with Crippen LogP contribution in [0.5, 0.6) is 0 Å². The zero-order valence-corrected chi connectivity index (χ0v) is 10.1. The van der Waals surface area contributed by atoms with Gasteiger partial charge in [-0.15, -0.1) is 0 Å². The van der Waals surface area contributed by atoms with Crippen molar-refractivity contribution in [1.82, 2.24) is 9.78 Å². The minimum atomic E-state index is -2.68. The minimum absolute atomic E-state index is 0.136. The number of nitrogens with zero attached hydrogens (tertiary/aromatic N) is 2. The van der Waals surface area contributed by atoms with Gasteiger partial charge in [0.15, 0.2) is 0 Å². The smallest absolute Gasteiger partial charge is 0.280 e. The number of aromatic nitrogens is 2. The van der Waals surface area contributed by atoms with E-state index in [9.17, 15) is 8.78 Å². The number of aliphatic hydroxyl groups is 1. The predicted molar refractivity (Wildman–Crippen MR) is 63.7 cm³/mol. The highest BCUT2D eigenvalue weighted by Crippen LogP contribution is 2.25. The Morgan fingerprint density at radius 1 is 1.28 bits per heavy atom. The molecule has 0 amide bonds. The number of alkyl halides is 2. The molecule has 3 nitrogen and oxygen atoms in total. The van der Waals surface area contributed by atoms with E-state index in [-0.39, 0.29) is 17.8 Å². The Labute approximate surface area is 108 Å². The van der Waals surface area contributed by atoms with Gasteiger partial charge in [0.25, 0.3) is 6.43 Å². The third kappa shape index (κ3) is 2.52. The number of rotatable bonds is 4. The van der Waals surface area contributed by atoms with Gasteiger partial charge in [-0.25, -0.2) is 8.78 Å². The van der Waals surface area contributed by atoms with Gasteiger partial charge in [0.05, 0.1) is 19.3 Å². The number of hydrogen-bond donors (Lipinski definition) is 1. The molecule has 0 atom stereocenters. The summed E-state index contributed by atoms with van der Waals surface area (Å²) in [5.74, 6) is 0. The van der Waals surface area contributed by atoms with E-state index in [2.05, 4.69) is 5.10 Å². The van der Waals surface area contributed by atoms with Gasteiger partial charge in [-0.3, -0.25) is 4.68 Å². The third-order valence-corrected chi connectivity index (χ3v) is 2.98. The van der Waals surface area contributed by atoms with Crippen LogP contribution in [0.25, 0.3) is 0 Å². The van der Waals surface area contributed by atoms with E-state index < -0.39 is 13.0 Å². The van der Waals surface area contributed by atoms with Crippen LogP contribution in [0, 0.1) is 0 Å². The summed E-state index contributed by atoms with van der Waals surface area (Å²) in [5.41, 5.74) is 0.572. The molecule has 2 aromatic rings. The predicted octanol–water partition coefficient (Wildman–Crippen LogP) is 3.01. The summed E-state index contributed by atoms with van der Waals surface area (Å²) in [6, 6.07) is 6.98. The lowest BCUT2D eigenvalue weighted by molar-refractivity contribution is 0.135. The summed E-state index contributed by atoms with van der Waals surface area (Å²) >= 11 is 5.97. The maximum absolute atomic E-state index is 12.9. The van der Waals surface area contributed by atoms with Crippen molar-refractivity contribution in [3.63, 3.8) is 0 Å². The summed E-state index contributed by atoms with van der Waals surface area (Å²) in [6.07, 6.45) is -1.43. The second kappa shape index (κ2) is 5.46. The monoisotopic (exact) mass is 272 g/mol. The molecule has 0 unspecified atom stereocenters. The highest BCUT2D eigenvalue weighted by Gasteiger charge is 2.19. The van der Waals surface area contributed by atoms with E-state index in [4.69, 9.17) is 16.7 Å². The van der Waals surface area contributed by atoms with E-state index >= 15 is 0 Å². The van der Waals surface area contributed by atoms with Crippen molar-refractivity contribution < 1.29 is 13.9 Å². The van der Waals surface area contributed by atoms with Crippen LogP contribution in [0.15, 0.2) is 30.5 Å². The first-order valence-corrected chi connectivity index (χ1v) is 5.68. The topological polar surface area (TPSA) is 38.1 Å². The lowest BCUT2D eigenvalue weighted by atomic mass is 10.2. The largest absolute Gasteiger partial charge is 0.392 e. The van der Waals surface area contributed by atoms with Gasteiger partial charge >= 0.3 is 0 Å². The molecule has 1 aromatic carbocycles. The highest BCUT2D eigenvalue weighted by molar-refractivity contribution is 6.31. The second-order valence-electron chi connectivity index (χ2n) is 3.76. The van der Waals surface area contributed by atoms with Crippen LogP contribution in [0.2, 0.25) is 5.02 Å². The Balaban J connectivity index is 2.35. The number of halogens is 3. The van der Waals surface area contributed by atoms with E-state index in [1.807, 2.05) is 0 Å². The molecular weight excluding hydrogens is 262 g/mol. The van der Waals surface area contributed by atoms with Crippen molar-refractivity contribution in [3.05, 3.63) is 52.3 Å². The fourth-order valence-corrected chi connectivity index (χ4v) is 1.92. The SMILES string of the molecule is OCc1cnn(Cc2ccccc2Cl)c1C(F)F. The molecule has 2 rings (SSSR count). The molecule has 0 fully saturated rings. The molecule has 0 saturated carbocycles. The van der Waals surface area contributed by atoms with Gasteiger partial charge in [0.1, 0.15) is 5.69 Å². The molecule has 1 aromatic heterocycles. The zero-order chi connectivity index (χ0) is 13.1. The van der Waals surface area contributed by atoms with Crippen LogP contribution in [0.3, 0.4) is 0 Å². The van der Waals surface area contributed by atoms with Crippen LogP contribution in [-0.4, -0.2) is 14.9 Å². The molecule has 96 valence electrons. The molecule has 0 spiro atoms. The highest BCUT2D eigenvalue weighted by atomic mass is 35.5. The number of aliphatic hydroxyl groups excluding tert-OH is 1. The Bertz CT molecular complexity index is 543. The second-order valence-corrected chi connectivity index (χ2v) is 4.17. The average Bonchev–Trinajstić information content (AvgIpc) is 2.75. The molecule has 0 radical (unpaired) electrons. The molecule has 0 bridgehead atoms. The molecule has 0 aliphatic rings. The zero-order valence-electron chi connectivity index (χ0n) is 9.35. The average molecular weight is 273 g/mol. The minimum Gasteiger partial charge on any atom is -0.392 e. The summed E-state index contributed by atoms with van der Waals surface area (Å²) in [7, 11) is 0. The Hall–Kier alpha value is -1.46. The van der Waals surface area contributed by atoms with Crippen LogP contribution in [0.4, 0.5) is 8.78 Å². The first-order chi connectivity index (χ1) is 8.63. The van der Waals surface area contributed by atoms with Crippen molar-refractivity contribution in [1.29, 1.82) is 0 Å². The fourth-order valence-electron chi connectivity index (χ4n) is 1.72. The van der Waals surface area contributed by atoms with Crippen LogP contribution in [-0.2, 0) is 13.2 Å². The van der Waals surface area contributed by atoms with Crippen molar-refractivity contribution >= 4 is 11.6 Å². The van der Waals surface area contributed by atoms with Gasteiger partial charge in [-0.05, 0) is 11.6 Å². The normalized spacial score (nSPS) is 11.2. The lowest BCUT2D eigenvalue weighted by Crippen LogP contribution is -2.08. The molecule has 0 aliphatic heterocycles. The van der Waals surface area contributed by atoms with Crippen molar-refractivity contribution in [3.8, 4) is 0 Å². The van der Waals surface area contributed by atoms with Crippen LogP contribution >= 0.6 is 11.6 Å². The van der Waals surface area contributed by atoms with Crippen molar-refractivity contribution in [2.75, 3.05) is 0 Å². The number of benzene rings is 1. The standard InChI is InChI=1S/C12H11ClF2N2O/c13-10-4-2-1-3-8(10)6-17-11(12(14)15)9(7-18)5-16-17/h1-5,12,18H,6-7H2. The van der Waals surface area contributed by atoms with E-state index in [0.717, 1.165) is 4.68 Å². The summed E-state index contributed by atoms with van der Waals surface area (Å²) in [5, 5.41) is 13.4. The van der Waals surface area contributed by atoms with Crippen molar-refractivity contribution in [2.24, 2.45) is 0 Å². The van der Waals surface area contributed by atoms with E-state index in [1.165, 1.54) is 6.20 Å². The molecule has 18 heavy (non-hydrogen) atoms. The van der Waals surface area contributed by atoms with Crippen LogP contribution < -0.4 is 0 Å². The number of hydrogen-bond acceptors (Lipinski definition) is 2. The maximum Gasteiger partial charge on any atom is 0.280 e.